The molecular weight excluding hydrogens is 258 g/mol. The van der Waals surface area contributed by atoms with E-state index in [4.69, 9.17) is 9.47 Å². The Hall–Kier alpha value is -1.98. The van der Waals surface area contributed by atoms with Gasteiger partial charge >= 0.3 is 6.09 Å². The highest BCUT2D eigenvalue weighted by Gasteiger charge is 2.23. The molecule has 2 heterocycles. The Balaban J connectivity index is 1.83. The summed E-state index contributed by atoms with van der Waals surface area (Å²) < 4.78 is 10.1. The van der Waals surface area contributed by atoms with Gasteiger partial charge in [-0.2, -0.15) is 0 Å². The summed E-state index contributed by atoms with van der Waals surface area (Å²) >= 11 is 0. The smallest absolute Gasteiger partial charge is 0.409 e. The number of carbonyl (C=O) groups excluding carboxylic acids is 1. The monoisotopic (exact) mass is 279 g/mol. The third-order valence-electron chi connectivity index (χ3n) is 3.34. The number of nitrogens with one attached hydrogen (secondary N) is 1. The van der Waals surface area contributed by atoms with Crippen LogP contribution in [0.4, 0.5) is 10.5 Å². The minimum Gasteiger partial charge on any atom is -0.481 e. The highest BCUT2D eigenvalue weighted by molar-refractivity contribution is 5.67. The van der Waals surface area contributed by atoms with Gasteiger partial charge in [-0.25, -0.2) is 9.78 Å². The Morgan fingerprint density at radius 1 is 1.50 bits per heavy atom. The maximum absolute atomic E-state index is 11.6. The molecule has 0 saturated carbocycles. The topological polar surface area (TPSA) is 63.7 Å². The number of anilines is 1. The fraction of sp³-hybridized carbons (Fsp3) is 0.571. The molecule has 0 spiro atoms. The summed E-state index contributed by atoms with van der Waals surface area (Å²) in [6.45, 7) is 3.69. The number of hydrogen-bond acceptors (Lipinski definition) is 5. The molecule has 0 aromatic carbocycles. The van der Waals surface area contributed by atoms with Crippen molar-refractivity contribution in [3.63, 3.8) is 0 Å². The van der Waals surface area contributed by atoms with Crippen molar-refractivity contribution < 1.29 is 14.3 Å². The van der Waals surface area contributed by atoms with Crippen LogP contribution in [0.25, 0.3) is 0 Å². The van der Waals surface area contributed by atoms with Crippen LogP contribution in [-0.4, -0.2) is 48.8 Å². The zero-order chi connectivity index (χ0) is 14.4. The molecule has 1 saturated heterocycles. The second-order valence-electron chi connectivity index (χ2n) is 4.69. The normalized spacial score (nSPS) is 15.8. The zero-order valence-electron chi connectivity index (χ0n) is 12.0. The van der Waals surface area contributed by atoms with Gasteiger partial charge in [0, 0.05) is 37.1 Å². The summed E-state index contributed by atoms with van der Waals surface area (Å²) in [5, 5.41) is 3.45. The summed E-state index contributed by atoms with van der Waals surface area (Å²) in [6.07, 6.45) is 3.32. The SMILES string of the molecule is CCOC(=O)N1CCC(Nc2ccnc(OC)c2)CC1. The van der Waals surface area contributed by atoms with Gasteiger partial charge in [-0.05, 0) is 25.8 Å². The molecule has 0 radical (unpaired) electrons. The van der Waals surface area contributed by atoms with E-state index in [1.807, 2.05) is 19.1 Å². The average molecular weight is 279 g/mol. The predicted octanol–water partition coefficient (Wildman–Crippen LogP) is 2.12. The van der Waals surface area contributed by atoms with Crippen molar-refractivity contribution in [2.24, 2.45) is 0 Å². The molecule has 6 nitrogen and oxygen atoms in total. The molecule has 0 aliphatic carbocycles. The van der Waals surface area contributed by atoms with Crippen molar-refractivity contribution in [2.45, 2.75) is 25.8 Å². The van der Waals surface area contributed by atoms with Crippen LogP contribution < -0.4 is 10.1 Å². The van der Waals surface area contributed by atoms with Crippen molar-refractivity contribution in [2.75, 3.05) is 32.1 Å². The van der Waals surface area contributed by atoms with Gasteiger partial charge in [0.25, 0.3) is 0 Å². The number of likely N-dealkylation sites (tertiary alicyclic amines) is 1. The first-order valence-corrected chi connectivity index (χ1v) is 6.91. The molecule has 20 heavy (non-hydrogen) atoms. The summed E-state index contributed by atoms with van der Waals surface area (Å²) in [5.41, 5.74) is 0.992. The van der Waals surface area contributed by atoms with E-state index < -0.39 is 0 Å². The Morgan fingerprint density at radius 2 is 2.25 bits per heavy atom. The lowest BCUT2D eigenvalue weighted by molar-refractivity contribution is 0.0983. The molecule has 1 aromatic heterocycles. The Morgan fingerprint density at radius 3 is 2.90 bits per heavy atom. The van der Waals surface area contributed by atoms with Crippen molar-refractivity contribution in [1.29, 1.82) is 0 Å². The standard InChI is InChI=1S/C14H21N3O3/c1-3-20-14(18)17-8-5-11(6-9-17)16-12-4-7-15-13(10-12)19-2/h4,7,10-11H,3,5-6,8-9H2,1-2H3,(H,15,16). The average Bonchev–Trinajstić information content (AvgIpc) is 2.48. The second kappa shape index (κ2) is 6.98. The lowest BCUT2D eigenvalue weighted by Gasteiger charge is -2.32. The van der Waals surface area contributed by atoms with Gasteiger partial charge in [-0.1, -0.05) is 0 Å². The predicted molar refractivity (Wildman–Crippen MR) is 76.0 cm³/mol. The lowest BCUT2D eigenvalue weighted by atomic mass is 10.1. The van der Waals surface area contributed by atoms with Crippen LogP contribution in [0.1, 0.15) is 19.8 Å². The second-order valence-corrected chi connectivity index (χ2v) is 4.69. The molecule has 0 atom stereocenters. The first kappa shape index (κ1) is 14.4. The van der Waals surface area contributed by atoms with Crippen LogP contribution in [0.2, 0.25) is 0 Å². The third-order valence-corrected chi connectivity index (χ3v) is 3.34. The molecule has 1 N–H and O–H groups in total. The zero-order valence-corrected chi connectivity index (χ0v) is 12.0. The number of piperidine rings is 1. The Labute approximate surface area is 119 Å². The van der Waals surface area contributed by atoms with E-state index in [1.165, 1.54) is 0 Å². The van der Waals surface area contributed by atoms with E-state index in [0.29, 0.717) is 18.5 Å². The van der Waals surface area contributed by atoms with Gasteiger partial charge < -0.3 is 19.7 Å². The number of rotatable bonds is 4. The number of methoxy groups -OCH3 is 1. The number of ether oxygens (including phenoxy) is 2. The van der Waals surface area contributed by atoms with Gasteiger partial charge in [0.05, 0.1) is 13.7 Å². The van der Waals surface area contributed by atoms with Gasteiger partial charge in [0.15, 0.2) is 0 Å². The number of amides is 1. The number of carbonyl (C=O) groups is 1. The summed E-state index contributed by atoms with van der Waals surface area (Å²) in [4.78, 5) is 17.4. The molecule has 1 aliphatic rings. The van der Waals surface area contributed by atoms with Crippen LogP contribution in [0.15, 0.2) is 18.3 Å². The first-order chi connectivity index (χ1) is 9.72. The quantitative estimate of drug-likeness (QED) is 0.914. The summed E-state index contributed by atoms with van der Waals surface area (Å²) in [5.74, 6) is 0.596. The van der Waals surface area contributed by atoms with Gasteiger partial charge in [0.2, 0.25) is 5.88 Å². The van der Waals surface area contributed by atoms with Crippen molar-refractivity contribution in [3.05, 3.63) is 18.3 Å². The highest BCUT2D eigenvalue weighted by Crippen LogP contribution is 2.19. The molecular formula is C14H21N3O3. The fourth-order valence-electron chi connectivity index (χ4n) is 2.27. The minimum absolute atomic E-state index is 0.212. The molecule has 2 rings (SSSR count). The van der Waals surface area contributed by atoms with Crippen LogP contribution in [0.5, 0.6) is 5.88 Å². The Bertz CT molecular complexity index is 445. The molecule has 1 amide bonds. The summed E-state index contributed by atoms with van der Waals surface area (Å²) in [7, 11) is 1.60. The van der Waals surface area contributed by atoms with Crippen molar-refractivity contribution in [1.82, 2.24) is 9.88 Å². The van der Waals surface area contributed by atoms with Crippen LogP contribution >= 0.6 is 0 Å². The van der Waals surface area contributed by atoms with E-state index in [2.05, 4.69) is 10.3 Å². The molecule has 0 unspecified atom stereocenters. The summed E-state index contributed by atoms with van der Waals surface area (Å²) in [6, 6.07) is 4.14. The molecule has 1 fully saturated rings. The maximum Gasteiger partial charge on any atom is 0.409 e. The van der Waals surface area contributed by atoms with E-state index in [1.54, 1.807) is 18.2 Å². The number of hydrogen-bond donors (Lipinski definition) is 1. The number of aromatic nitrogens is 1. The largest absolute Gasteiger partial charge is 0.481 e. The van der Waals surface area contributed by atoms with E-state index in [-0.39, 0.29) is 6.09 Å². The molecule has 110 valence electrons. The van der Waals surface area contributed by atoms with Crippen molar-refractivity contribution >= 4 is 11.8 Å². The van der Waals surface area contributed by atoms with Crippen LogP contribution in [0, 0.1) is 0 Å². The van der Waals surface area contributed by atoms with E-state index in [9.17, 15) is 4.79 Å². The van der Waals surface area contributed by atoms with Gasteiger partial charge in [-0.15, -0.1) is 0 Å². The number of nitrogens with zero attached hydrogens (tertiary/aromatic N) is 2. The first-order valence-electron chi connectivity index (χ1n) is 6.91. The number of pyridine rings is 1. The van der Waals surface area contributed by atoms with Crippen molar-refractivity contribution in [3.8, 4) is 5.88 Å². The van der Waals surface area contributed by atoms with E-state index in [0.717, 1.165) is 31.6 Å². The lowest BCUT2D eigenvalue weighted by Crippen LogP contribution is -2.42. The third kappa shape index (κ3) is 3.76. The van der Waals surface area contributed by atoms with Gasteiger partial charge in [0.1, 0.15) is 0 Å². The van der Waals surface area contributed by atoms with Crippen LogP contribution in [-0.2, 0) is 4.74 Å². The molecule has 0 bridgehead atoms. The molecule has 1 aromatic rings. The van der Waals surface area contributed by atoms with Crippen LogP contribution in [0.3, 0.4) is 0 Å². The van der Waals surface area contributed by atoms with Gasteiger partial charge in [-0.3, -0.25) is 0 Å². The maximum atomic E-state index is 11.6. The Kier molecular flexibility index (Phi) is 5.03. The van der Waals surface area contributed by atoms with E-state index >= 15 is 0 Å². The highest BCUT2D eigenvalue weighted by atomic mass is 16.6. The molecule has 1 aliphatic heterocycles. The fourth-order valence-corrected chi connectivity index (χ4v) is 2.27. The minimum atomic E-state index is -0.212. The molecule has 6 heteroatoms.